The van der Waals surface area contributed by atoms with E-state index >= 15 is 0 Å². The molecule has 54 heavy (non-hydrogen) atoms. The quantitative estimate of drug-likeness (QED) is 0.146. The first-order valence-electron chi connectivity index (χ1n) is 16.5. The molecule has 4 N–H and O–H groups in total. The zero-order valence-corrected chi connectivity index (χ0v) is 29.1. The first kappa shape index (κ1) is 33.8. The third kappa shape index (κ3) is 5.30. The van der Waals surface area contributed by atoms with Gasteiger partial charge < -0.3 is 53.4 Å². The van der Waals surface area contributed by atoms with Gasteiger partial charge >= 0.3 is 0 Å². The summed E-state index contributed by atoms with van der Waals surface area (Å²) in [6, 6.07) is 15.1. The molecule has 4 aromatic carbocycles. The number of aromatic nitrogens is 2. The van der Waals surface area contributed by atoms with Crippen LogP contribution in [0, 0.1) is 0 Å². The summed E-state index contributed by atoms with van der Waals surface area (Å²) in [6.45, 7) is 0. The van der Waals surface area contributed by atoms with Crippen LogP contribution in [0.2, 0.25) is 0 Å². The third-order valence-electron chi connectivity index (χ3n) is 9.38. The van der Waals surface area contributed by atoms with Gasteiger partial charge in [0, 0.05) is 72.7 Å². The van der Waals surface area contributed by atoms with E-state index in [-0.39, 0.29) is 51.6 Å². The first-order chi connectivity index (χ1) is 25.9. The maximum Gasteiger partial charge on any atom is 0.266 e. The second kappa shape index (κ2) is 12.4. The van der Waals surface area contributed by atoms with Gasteiger partial charge in [-0.1, -0.05) is 0 Å². The van der Waals surface area contributed by atoms with Gasteiger partial charge in [0.25, 0.3) is 5.91 Å². The number of phenolic OH excluding ortho intramolecular Hbond substituents is 4. The van der Waals surface area contributed by atoms with Crippen LogP contribution in [0.5, 0.6) is 46.0 Å². The molecule has 14 heteroatoms. The van der Waals surface area contributed by atoms with Gasteiger partial charge in [-0.15, -0.1) is 0 Å². The average molecular weight is 730 g/mol. The Bertz CT molecular complexity index is 2510. The number of allylic oxidation sites excluding steroid dienone is 2. The maximum atomic E-state index is 14.4. The number of carbonyl (C=O) groups is 3. The lowest BCUT2D eigenvalue weighted by atomic mass is 10.1. The predicted molar refractivity (Wildman–Crippen MR) is 196 cm³/mol. The minimum absolute atomic E-state index is 0.00135. The Kier molecular flexibility index (Phi) is 7.76. The molecule has 2 aromatic heterocycles. The van der Waals surface area contributed by atoms with Gasteiger partial charge in [-0.2, -0.15) is 0 Å². The molecule has 0 fully saturated rings. The Labute approximate surface area is 306 Å². The van der Waals surface area contributed by atoms with Crippen LogP contribution in [0.15, 0.2) is 84.6 Å². The molecule has 8 rings (SSSR count). The molecule has 0 saturated heterocycles. The topological polar surface area (TPSA) is 182 Å². The minimum atomic E-state index is -1.08. The molecule has 0 spiro atoms. The molecule has 2 aliphatic rings. The largest absolute Gasteiger partial charge is 0.508 e. The Morgan fingerprint density at radius 2 is 1.11 bits per heavy atom. The van der Waals surface area contributed by atoms with E-state index in [4.69, 9.17) is 18.9 Å². The van der Waals surface area contributed by atoms with Crippen molar-refractivity contribution >= 4 is 51.4 Å². The molecule has 272 valence electrons. The summed E-state index contributed by atoms with van der Waals surface area (Å²) in [5.74, 6) is -2.13. The number of methoxy groups -OCH3 is 2. The van der Waals surface area contributed by atoms with Crippen LogP contribution in [0.3, 0.4) is 0 Å². The summed E-state index contributed by atoms with van der Waals surface area (Å²) in [5.41, 5.74) is 1.95. The summed E-state index contributed by atoms with van der Waals surface area (Å²) in [6.07, 6.45) is 5.31. The van der Waals surface area contributed by atoms with Crippen molar-refractivity contribution in [1.29, 1.82) is 0 Å². The number of hydrogen-bond donors (Lipinski definition) is 4. The fourth-order valence-corrected chi connectivity index (χ4v) is 6.85. The summed E-state index contributed by atoms with van der Waals surface area (Å²) < 4.78 is 26.1. The van der Waals surface area contributed by atoms with E-state index in [9.17, 15) is 34.8 Å². The van der Waals surface area contributed by atoms with Crippen LogP contribution in [0.25, 0.3) is 34.0 Å². The second-order valence-corrected chi connectivity index (χ2v) is 12.9. The Hall–Kier alpha value is -7.35. The molecule has 0 atom stereocenters. The monoisotopic (exact) mass is 729 g/mol. The van der Waals surface area contributed by atoms with Crippen molar-refractivity contribution < 1.29 is 53.8 Å². The van der Waals surface area contributed by atoms with Crippen molar-refractivity contribution in [1.82, 2.24) is 14.0 Å². The number of aromatic hydroxyl groups is 4. The van der Waals surface area contributed by atoms with E-state index in [0.717, 1.165) is 12.1 Å². The summed E-state index contributed by atoms with van der Waals surface area (Å²) in [4.78, 5) is 42.6. The lowest BCUT2D eigenvalue weighted by molar-refractivity contribution is -0.132. The number of fused-ring (bicyclic) bond motifs is 4. The van der Waals surface area contributed by atoms with Crippen LogP contribution >= 0.6 is 0 Å². The number of rotatable bonds is 7. The Morgan fingerprint density at radius 3 is 1.50 bits per heavy atom. The number of likely N-dealkylation sites (N-methyl/N-ethyl adjacent to an activating group) is 1. The number of Topliss-reactive ketones (excluding diaryl/α,β-unsaturated/α-hetero) is 2. The standard InChI is InChI=1S/C40H31N3O11/c1-41(2)40(50)39(42-17-19(25-15-23(51-3)5-7-27(25)42)9-33-37(48)35-29(46)11-21(44)13-31(35)53-33)43-18-20(26-16-24(52-4)6-8-28(26)43)10-34-38(49)36-30(47)12-22(45)14-32(36)54-34/h5-18,39,44-47H,1-4H3. The molecule has 0 saturated carbocycles. The first-order valence-corrected chi connectivity index (χ1v) is 16.5. The van der Waals surface area contributed by atoms with E-state index < -0.39 is 29.2 Å². The highest BCUT2D eigenvalue weighted by atomic mass is 16.5. The van der Waals surface area contributed by atoms with Crippen molar-refractivity contribution in [2.45, 2.75) is 6.17 Å². The van der Waals surface area contributed by atoms with E-state index in [2.05, 4.69) is 0 Å². The summed E-state index contributed by atoms with van der Waals surface area (Å²) in [5, 5.41) is 42.0. The van der Waals surface area contributed by atoms with Crippen LogP contribution in [-0.2, 0) is 4.79 Å². The van der Waals surface area contributed by atoms with Gasteiger partial charge in [-0.3, -0.25) is 14.4 Å². The Balaban J connectivity index is 1.32. The second-order valence-electron chi connectivity index (χ2n) is 12.9. The molecule has 6 aromatic rings. The molecule has 1 amide bonds. The van der Waals surface area contributed by atoms with Crippen LogP contribution in [0.1, 0.15) is 38.0 Å². The van der Waals surface area contributed by atoms with Gasteiger partial charge in [0.2, 0.25) is 11.6 Å². The van der Waals surface area contributed by atoms with Crippen molar-refractivity contribution in [3.63, 3.8) is 0 Å². The molecule has 0 radical (unpaired) electrons. The molecular formula is C40H31N3O11. The number of phenols is 4. The van der Waals surface area contributed by atoms with Crippen LogP contribution < -0.4 is 18.9 Å². The molecule has 0 bridgehead atoms. The highest BCUT2D eigenvalue weighted by Crippen LogP contribution is 2.43. The van der Waals surface area contributed by atoms with Crippen molar-refractivity contribution in [3.8, 4) is 46.0 Å². The SMILES string of the molecule is COc1ccc2c(c1)c(C=C1Oc3cc(O)cc(O)c3C1=O)cn2C(C(=O)N(C)C)n1cc(C=C2Oc3cc(O)cc(O)c3C2=O)c2cc(OC)ccc21. The zero-order chi connectivity index (χ0) is 38.2. The molecule has 0 unspecified atom stereocenters. The number of hydrogen-bond acceptors (Lipinski definition) is 11. The average Bonchev–Trinajstić information content (AvgIpc) is 3.85. The summed E-state index contributed by atoms with van der Waals surface area (Å²) >= 11 is 0. The number of amides is 1. The van der Waals surface area contributed by atoms with Gasteiger partial charge in [0.1, 0.15) is 57.1 Å². The third-order valence-corrected chi connectivity index (χ3v) is 9.38. The number of nitrogens with zero attached hydrogens (tertiary/aromatic N) is 3. The normalized spacial score (nSPS) is 15.4. The predicted octanol–water partition coefficient (Wildman–Crippen LogP) is 5.80. The van der Waals surface area contributed by atoms with Gasteiger partial charge in [0.15, 0.2) is 17.7 Å². The van der Waals surface area contributed by atoms with Gasteiger partial charge in [0.05, 0.1) is 25.3 Å². The molecule has 14 nitrogen and oxygen atoms in total. The molecule has 4 heterocycles. The Morgan fingerprint density at radius 1 is 0.685 bits per heavy atom. The van der Waals surface area contributed by atoms with E-state index in [1.807, 2.05) is 0 Å². The number of benzene rings is 4. The smallest absolute Gasteiger partial charge is 0.266 e. The van der Waals surface area contributed by atoms with Gasteiger partial charge in [-0.25, -0.2) is 0 Å². The van der Waals surface area contributed by atoms with Gasteiger partial charge in [-0.05, 0) is 48.6 Å². The highest BCUT2D eigenvalue weighted by molar-refractivity contribution is 6.18. The van der Waals surface area contributed by atoms with Crippen LogP contribution in [-0.4, -0.2) is 80.2 Å². The van der Waals surface area contributed by atoms with Crippen molar-refractivity contribution in [3.05, 3.63) is 107 Å². The number of ether oxygens (including phenoxy) is 4. The lowest BCUT2D eigenvalue weighted by Gasteiger charge is -2.25. The number of ketones is 2. The highest BCUT2D eigenvalue weighted by Gasteiger charge is 2.35. The van der Waals surface area contributed by atoms with E-state index in [0.29, 0.717) is 44.4 Å². The van der Waals surface area contributed by atoms with E-state index in [1.54, 1.807) is 72.0 Å². The zero-order valence-electron chi connectivity index (χ0n) is 29.1. The minimum Gasteiger partial charge on any atom is -0.508 e. The van der Waals surface area contributed by atoms with E-state index in [1.165, 1.54) is 43.4 Å². The van der Waals surface area contributed by atoms with Crippen molar-refractivity contribution in [2.24, 2.45) is 0 Å². The number of carbonyl (C=O) groups excluding carboxylic acids is 3. The summed E-state index contributed by atoms with van der Waals surface area (Å²) in [7, 11) is 6.28. The molecular weight excluding hydrogens is 698 g/mol. The molecule has 2 aliphatic heterocycles. The lowest BCUT2D eigenvalue weighted by Crippen LogP contribution is -2.35. The maximum absolute atomic E-state index is 14.4. The fraction of sp³-hybridized carbons (Fsp3) is 0.125. The molecule has 0 aliphatic carbocycles. The van der Waals surface area contributed by atoms with Crippen molar-refractivity contribution in [2.75, 3.05) is 28.3 Å². The fourth-order valence-electron chi connectivity index (χ4n) is 6.85. The van der Waals surface area contributed by atoms with Crippen LogP contribution in [0.4, 0.5) is 0 Å².